The first kappa shape index (κ1) is 30.4. The zero-order valence-electron chi connectivity index (χ0n) is 23.1. The normalized spacial score (nSPS) is 15.9. The van der Waals surface area contributed by atoms with E-state index in [2.05, 4.69) is 16.0 Å². The molecule has 214 valence electrons. The van der Waals surface area contributed by atoms with Crippen molar-refractivity contribution in [2.75, 3.05) is 18.5 Å². The molecule has 8 N–H and O–H groups in total. The molecule has 0 saturated heterocycles. The zero-order chi connectivity index (χ0) is 28.4. The summed E-state index contributed by atoms with van der Waals surface area (Å²) in [7, 11) is 0. The van der Waals surface area contributed by atoms with Crippen LogP contribution >= 0.6 is 0 Å². The number of amides is 3. The van der Waals surface area contributed by atoms with Gasteiger partial charge in [-0.2, -0.15) is 0 Å². The number of carbonyl (C=O) groups excluding carboxylic acids is 2. The van der Waals surface area contributed by atoms with Gasteiger partial charge in [-0.25, -0.2) is 4.79 Å². The molecule has 3 rings (SSSR count). The lowest BCUT2D eigenvalue weighted by molar-refractivity contribution is -0.121. The second-order valence-electron chi connectivity index (χ2n) is 11.4. The number of hydrogen-bond acceptors (Lipinski definition) is 6. The largest absolute Gasteiger partial charge is 0.506 e. The highest BCUT2D eigenvalue weighted by Crippen LogP contribution is 2.28. The van der Waals surface area contributed by atoms with Gasteiger partial charge in [-0.05, 0) is 61.4 Å². The molecule has 2 atom stereocenters. The minimum Gasteiger partial charge on any atom is -0.506 e. The first-order chi connectivity index (χ1) is 18.5. The maximum atomic E-state index is 12.7. The minimum absolute atomic E-state index is 0.0406. The van der Waals surface area contributed by atoms with E-state index in [1.807, 2.05) is 38.1 Å². The number of nitrogens with one attached hydrogen (secondary N) is 3. The summed E-state index contributed by atoms with van der Waals surface area (Å²) in [6.45, 7) is 4.28. The van der Waals surface area contributed by atoms with E-state index in [1.165, 1.54) is 44.2 Å². The van der Waals surface area contributed by atoms with Crippen molar-refractivity contribution in [1.82, 2.24) is 10.6 Å². The average molecular weight is 541 g/mol. The molecule has 0 radical (unpaired) electrons. The highest BCUT2D eigenvalue weighted by molar-refractivity contribution is 5.89. The molecule has 0 unspecified atom stereocenters. The number of rotatable bonds is 13. The quantitative estimate of drug-likeness (QED) is 0.193. The van der Waals surface area contributed by atoms with Gasteiger partial charge in [0.1, 0.15) is 5.75 Å². The van der Waals surface area contributed by atoms with Crippen molar-refractivity contribution in [1.29, 1.82) is 0 Å². The molecular weight excluding hydrogens is 496 g/mol. The van der Waals surface area contributed by atoms with Gasteiger partial charge in [0.15, 0.2) is 0 Å². The Morgan fingerprint density at radius 1 is 1.08 bits per heavy atom. The molecule has 1 fully saturated rings. The molecule has 9 nitrogen and oxygen atoms in total. The van der Waals surface area contributed by atoms with Crippen molar-refractivity contribution < 1.29 is 24.9 Å². The molecule has 2 aromatic rings. The van der Waals surface area contributed by atoms with Crippen LogP contribution in [0.25, 0.3) is 0 Å². The molecule has 1 saturated carbocycles. The van der Waals surface area contributed by atoms with Crippen molar-refractivity contribution in [2.24, 2.45) is 11.7 Å². The Morgan fingerprint density at radius 2 is 1.79 bits per heavy atom. The lowest BCUT2D eigenvalue weighted by atomic mass is 9.85. The van der Waals surface area contributed by atoms with E-state index >= 15 is 0 Å². The Morgan fingerprint density at radius 3 is 2.49 bits per heavy atom. The van der Waals surface area contributed by atoms with Crippen LogP contribution in [0.5, 0.6) is 5.75 Å². The van der Waals surface area contributed by atoms with Gasteiger partial charge >= 0.3 is 6.03 Å². The molecule has 0 aliphatic heterocycles. The van der Waals surface area contributed by atoms with Crippen LogP contribution in [0.2, 0.25) is 0 Å². The number of urea groups is 1. The first-order valence-corrected chi connectivity index (χ1v) is 13.8. The van der Waals surface area contributed by atoms with E-state index in [4.69, 9.17) is 5.73 Å². The Bertz CT molecular complexity index is 1100. The number of carbonyl (C=O) groups is 2. The van der Waals surface area contributed by atoms with Crippen molar-refractivity contribution in [3.8, 4) is 5.75 Å². The summed E-state index contributed by atoms with van der Waals surface area (Å²) < 4.78 is 0. The third-order valence-corrected chi connectivity index (χ3v) is 7.37. The Balaban J connectivity index is 1.52. The number of hydrogen-bond donors (Lipinski definition) is 7. The van der Waals surface area contributed by atoms with Crippen LogP contribution in [0.1, 0.15) is 75.2 Å². The topological polar surface area (TPSA) is 157 Å². The molecule has 0 spiro atoms. The number of aromatic hydroxyl groups is 1. The fourth-order valence-corrected chi connectivity index (χ4v) is 5.38. The molecule has 1 aliphatic carbocycles. The molecule has 1 aliphatic rings. The van der Waals surface area contributed by atoms with E-state index in [0.717, 1.165) is 17.5 Å². The fourth-order valence-electron chi connectivity index (χ4n) is 5.38. The second kappa shape index (κ2) is 14.3. The number of anilines is 1. The van der Waals surface area contributed by atoms with Crippen molar-refractivity contribution in [3.63, 3.8) is 0 Å². The lowest BCUT2D eigenvalue weighted by Crippen LogP contribution is -2.43. The highest BCUT2D eigenvalue weighted by Gasteiger charge is 2.22. The number of β-amino-alcohol motifs (C(OH)–C–C–N with tert-alkyl or cyclic N) is 1. The Kier molecular flexibility index (Phi) is 11.2. The number of phenols is 1. The van der Waals surface area contributed by atoms with Crippen LogP contribution in [0, 0.1) is 5.92 Å². The number of primary amides is 1. The van der Waals surface area contributed by atoms with Crippen LogP contribution in [0.3, 0.4) is 0 Å². The zero-order valence-corrected chi connectivity index (χ0v) is 23.1. The SMILES string of the molecule is CC(C)(Cc1cccc(CC(=O)N[C@H](CO)CC2CCCCC2)c1)NC[C@H](O)c1ccc(O)c(NC(N)=O)c1. The van der Waals surface area contributed by atoms with Crippen LogP contribution in [0.4, 0.5) is 10.5 Å². The van der Waals surface area contributed by atoms with Gasteiger partial charge in [0.05, 0.1) is 30.9 Å². The molecule has 0 heterocycles. The van der Waals surface area contributed by atoms with Gasteiger partial charge in [-0.3, -0.25) is 4.79 Å². The summed E-state index contributed by atoms with van der Waals surface area (Å²) >= 11 is 0. The molecule has 2 aromatic carbocycles. The second-order valence-corrected chi connectivity index (χ2v) is 11.4. The molecule has 39 heavy (non-hydrogen) atoms. The predicted molar refractivity (Wildman–Crippen MR) is 152 cm³/mol. The van der Waals surface area contributed by atoms with Gasteiger partial charge in [0.2, 0.25) is 5.91 Å². The fraction of sp³-hybridized carbons (Fsp3) is 0.533. The Labute approximate surface area is 231 Å². The summed E-state index contributed by atoms with van der Waals surface area (Å²) in [5.74, 6) is 0.361. The number of benzene rings is 2. The number of aliphatic hydroxyl groups is 2. The van der Waals surface area contributed by atoms with Crippen LogP contribution in [0.15, 0.2) is 42.5 Å². The monoisotopic (exact) mass is 540 g/mol. The number of phenolic OH excluding ortho intramolecular Hbond substituents is 1. The van der Waals surface area contributed by atoms with Crippen molar-refractivity contribution in [3.05, 3.63) is 59.2 Å². The maximum Gasteiger partial charge on any atom is 0.316 e. The molecule has 0 aromatic heterocycles. The summed E-state index contributed by atoms with van der Waals surface area (Å²) in [6, 6.07) is 11.4. The maximum absolute atomic E-state index is 12.7. The van der Waals surface area contributed by atoms with E-state index in [-0.39, 0.29) is 48.5 Å². The summed E-state index contributed by atoms with van der Waals surface area (Å²) in [5.41, 5.74) is 7.41. The molecule has 9 heteroatoms. The number of nitrogens with two attached hydrogens (primary N) is 1. The third-order valence-electron chi connectivity index (χ3n) is 7.37. The average Bonchev–Trinajstić information content (AvgIpc) is 2.88. The summed E-state index contributed by atoms with van der Waals surface area (Å²) in [5, 5.41) is 39.1. The van der Waals surface area contributed by atoms with Gasteiger partial charge in [-0.1, -0.05) is 62.4 Å². The van der Waals surface area contributed by atoms with Gasteiger partial charge in [0, 0.05) is 12.1 Å². The Hall–Kier alpha value is -3.14. The van der Waals surface area contributed by atoms with Gasteiger partial charge in [0.25, 0.3) is 0 Å². The van der Waals surface area contributed by atoms with Crippen molar-refractivity contribution in [2.45, 2.75) is 82.9 Å². The summed E-state index contributed by atoms with van der Waals surface area (Å²) in [4.78, 5) is 23.9. The van der Waals surface area contributed by atoms with E-state index < -0.39 is 12.1 Å². The lowest BCUT2D eigenvalue weighted by Gasteiger charge is -2.28. The standard InChI is InChI=1S/C30H44N4O5/c1-30(2,32-18-27(37)23-11-12-26(36)25(16-23)34-29(31)39)17-22-10-6-9-21(13-22)15-28(38)33-24(19-35)14-20-7-4-3-5-8-20/h6,9-13,16,20,24,27,32,35-37H,3-5,7-8,14-15,17-19H2,1-2H3,(H,33,38)(H3,31,34,39)/t24-,27-/m0/s1. The van der Waals surface area contributed by atoms with Gasteiger partial charge < -0.3 is 37.0 Å². The van der Waals surface area contributed by atoms with Crippen LogP contribution in [-0.4, -0.2) is 52.0 Å². The van der Waals surface area contributed by atoms with Crippen molar-refractivity contribution >= 4 is 17.6 Å². The molecular formula is C30H44N4O5. The van der Waals surface area contributed by atoms with E-state index in [0.29, 0.717) is 17.9 Å². The first-order valence-electron chi connectivity index (χ1n) is 13.8. The third kappa shape index (κ3) is 10.2. The summed E-state index contributed by atoms with van der Waals surface area (Å²) in [6.07, 6.45) is 6.99. The molecule has 3 amide bonds. The van der Waals surface area contributed by atoms with Crippen LogP contribution < -0.4 is 21.7 Å². The molecule has 0 bridgehead atoms. The van der Waals surface area contributed by atoms with Gasteiger partial charge in [-0.15, -0.1) is 0 Å². The number of aliphatic hydroxyl groups excluding tert-OH is 2. The predicted octanol–water partition coefficient (Wildman–Crippen LogP) is 3.52. The minimum atomic E-state index is -0.874. The van der Waals surface area contributed by atoms with E-state index in [1.54, 1.807) is 6.07 Å². The van der Waals surface area contributed by atoms with E-state index in [9.17, 15) is 24.9 Å². The van der Waals surface area contributed by atoms with Crippen LogP contribution in [-0.2, 0) is 17.6 Å². The highest BCUT2D eigenvalue weighted by atomic mass is 16.3. The smallest absolute Gasteiger partial charge is 0.316 e.